The summed E-state index contributed by atoms with van der Waals surface area (Å²) < 4.78 is 5.85. The van der Waals surface area contributed by atoms with Crippen LogP contribution < -0.4 is 10.1 Å². The molecular formula is C23H26N2O3. The summed E-state index contributed by atoms with van der Waals surface area (Å²) in [5.41, 5.74) is 1.88. The molecule has 2 fully saturated rings. The minimum atomic E-state index is -0.139. The number of rotatable bonds is 5. The first-order valence-electron chi connectivity index (χ1n) is 10.0. The number of ether oxygens (including phenoxy) is 1. The second-order valence-electron chi connectivity index (χ2n) is 7.83. The van der Waals surface area contributed by atoms with Crippen molar-refractivity contribution in [3.63, 3.8) is 0 Å². The van der Waals surface area contributed by atoms with Crippen molar-refractivity contribution in [3.8, 4) is 11.5 Å². The van der Waals surface area contributed by atoms with Crippen molar-refractivity contribution in [2.75, 3.05) is 18.4 Å². The molecule has 1 atom stereocenters. The van der Waals surface area contributed by atoms with Crippen LogP contribution in [0.3, 0.4) is 0 Å². The van der Waals surface area contributed by atoms with Gasteiger partial charge in [0.15, 0.2) is 0 Å². The van der Waals surface area contributed by atoms with Crippen molar-refractivity contribution in [3.05, 3.63) is 54.1 Å². The molecule has 2 aromatic rings. The molecule has 1 saturated carbocycles. The van der Waals surface area contributed by atoms with Gasteiger partial charge in [0.2, 0.25) is 11.8 Å². The highest BCUT2D eigenvalue weighted by Crippen LogP contribution is 2.32. The number of nitrogens with zero attached hydrogens (tertiary/aromatic N) is 1. The Balaban J connectivity index is 1.33. The average molecular weight is 378 g/mol. The standard InChI is InChI=1S/C23H26N2O3/c1-16-4-2-6-21(14-16)28-20-11-9-19(10-12-20)24-22(26)18-5-3-13-25(15-18)23(27)17-7-8-17/h2,4,6,9-12,14,17-18H,3,5,7-8,13,15H2,1H3,(H,24,26). The van der Waals surface area contributed by atoms with Crippen molar-refractivity contribution in [1.29, 1.82) is 0 Å². The van der Waals surface area contributed by atoms with E-state index >= 15 is 0 Å². The maximum absolute atomic E-state index is 12.7. The minimum Gasteiger partial charge on any atom is -0.457 e. The molecule has 1 heterocycles. The summed E-state index contributed by atoms with van der Waals surface area (Å²) in [5.74, 6) is 1.81. The fourth-order valence-electron chi connectivity index (χ4n) is 3.65. The normalized spacial score (nSPS) is 19.2. The van der Waals surface area contributed by atoms with Gasteiger partial charge in [0.25, 0.3) is 0 Å². The van der Waals surface area contributed by atoms with Crippen LogP contribution in [0.5, 0.6) is 11.5 Å². The number of hydrogen-bond donors (Lipinski definition) is 1. The van der Waals surface area contributed by atoms with Gasteiger partial charge in [-0.15, -0.1) is 0 Å². The molecule has 1 aliphatic carbocycles. The second-order valence-corrected chi connectivity index (χ2v) is 7.83. The average Bonchev–Trinajstić information content (AvgIpc) is 3.54. The third-order valence-corrected chi connectivity index (χ3v) is 5.38. The zero-order valence-electron chi connectivity index (χ0n) is 16.2. The predicted molar refractivity (Wildman–Crippen MR) is 108 cm³/mol. The van der Waals surface area contributed by atoms with E-state index in [-0.39, 0.29) is 23.7 Å². The Morgan fingerprint density at radius 1 is 1.00 bits per heavy atom. The zero-order chi connectivity index (χ0) is 19.5. The van der Waals surface area contributed by atoms with Gasteiger partial charge in [-0.05, 0) is 74.6 Å². The minimum absolute atomic E-state index is 0.0133. The molecule has 0 radical (unpaired) electrons. The molecule has 4 rings (SSSR count). The predicted octanol–water partition coefficient (Wildman–Crippen LogP) is 4.37. The Morgan fingerprint density at radius 3 is 2.50 bits per heavy atom. The SMILES string of the molecule is Cc1cccc(Oc2ccc(NC(=O)C3CCCN(C(=O)C4CC4)C3)cc2)c1. The van der Waals surface area contributed by atoms with Crippen LogP contribution >= 0.6 is 0 Å². The quantitative estimate of drug-likeness (QED) is 0.840. The number of piperidine rings is 1. The van der Waals surface area contributed by atoms with Gasteiger partial charge in [-0.25, -0.2) is 0 Å². The van der Waals surface area contributed by atoms with Crippen LogP contribution in [0.2, 0.25) is 0 Å². The summed E-state index contributed by atoms with van der Waals surface area (Å²) in [6.45, 7) is 3.34. The smallest absolute Gasteiger partial charge is 0.229 e. The van der Waals surface area contributed by atoms with Gasteiger partial charge in [-0.2, -0.15) is 0 Å². The summed E-state index contributed by atoms with van der Waals surface area (Å²) in [7, 11) is 0. The maximum Gasteiger partial charge on any atom is 0.229 e. The number of anilines is 1. The van der Waals surface area contributed by atoms with E-state index in [0.29, 0.717) is 6.54 Å². The molecule has 28 heavy (non-hydrogen) atoms. The lowest BCUT2D eigenvalue weighted by Crippen LogP contribution is -2.44. The Morgan fingerprint density at radius 2 is 1.79 bits per heavy atom. The number of carbonyl (C=O) groups excluding carboxylic acids is 2. The van der Waals surface area contributed by atoms with Crippen LogP contribution in [0.4, 0.5) is 5.69 Å². The zero-order valence-corrected chi connectivity index (χ0v) is 16.2. The number of benzene rings is 2. The maximum atomic E-state index is 12.7. The monoisotopic (exact) mass is 378 g/mol. The van der Waals surface area contributed by atoms with Crippen LogP contribution in [-0.4, -0.2) is 29.8 Å². The largest absolute Gasteiger partial charge is 0.457 e. The fraction of sp³-hybridized carbons (Fsp3) is 0.391. The topological polar surface area (TPSA) is 58.6 Å². The van der Waals surface area contributed by atoms with Crippen LogP contribution in [0, 0.1) is 18.8 Å². The van der Waals surface area contributed by atoms with E-state index in [0.717, 1.165) is 55.0 Å². The van der Waals surface area contributed by atoms with Crippen molar-refractivity contribution < 1.29 is 14.3 Å². The Kier molecular flexibility index (Phi) is 5.33. The van der Waals surface area contributed by atoms with E-state index in [9.17, 15) is 9.59 Å². The molecule has 146 valence electrons. The number of amides is 2. The Bertz CT molecular complexity index is 858. The van der Waals surface area contributed by atoms with Gasteiger partial charge in [0.1, 0.15) is 11.5 Å². The molecule has 0 bridgehead atoms. The molecule has 1 unspecified atom stereocenters. The van der Waals surface area contributed by atoms with Crippen LogP contribution in [0.25, 0.3) is 0 Å². The van der Waals surface area contributed by atoms with Gasteiger partial charge in [0, 0.05) is 24.7 Å². The lowest BCUT2D eigenvalue weighted by Gasteiger charge is -2.32. The van der Waals surface area contributed by atoms with Crippen LogP contribution in [0.1, 0.15) is 31.2 Å². The highest BCUT2D eigenvalue weighted by molar-refractivity contribution is 5.93. The summed E-state index contributed by atoms with van der Waals surface area (Å²) in [4.78, 5) is 26.8. The summed E-state index contributed by atoms with van der Waals surface area (Å²) >= 11 is 0. The van der Waals surface area contributed by atoms with Crippen LogP contribution in [-0.2, 0) is 9.59 Å². The molecule has 1 aliphatic heterocycles. The number of nitrogens with one attached hydrogen (secondary N) is 1. The molecule has 2 aliphatic rings. The lowest BCUT2D eigenvalue weighted by molar-refractivity contribution is -0.135. The molecular weight excluding hydrogens is 352 g/mol. The molecule has 5 nitrogen and oxygen atoms in total. The fourth-order valence-corrected chi connectivity index (χ4v) is 3.65. The molecule has 0 aromatic heterocycles. The van der Waals surface area contributed by atoms with Crippen molar-refractivity contribution in [1.82, 2.24) is 4.90 Å². The van der Waals surface area contributed by atoms with Crippen LogP contribution in [0.15, 0.2) is 48.5 Å². The van der Waals surface area contributed by atoms with E-state index in [1.807, 2.05) is 60.4 Å². The number of likely N-dealkylation sites (tertiary alicyclic amines) is 1. The van der Waals surface area contributed by atoms with E-state index in [1.54, 1.807) is 0 Å². The second kappa shape index (κ2) is 8.05. The van der Waals surface area contributed by atoms with E-state index < -0.39 is 0 Å². The molecule has 1 N–H and O–H groups in total. The molecule has 0 spiro atoms. The number of aryl methyl sites for hydroxylation is 1. The van der Waals surface area contributed by atoms with Gasteiger partial charge in [0.05, 0.1) is 5.92 Å². The lowest BCUT2D eigenvalue weighted by atomic mass is 9.96. The summed E-state index contributed by atoms with van der Waals surface area (Å²) in [6.07, 6.45) is 3.72. The summed E-state index contributed by atoms with van der Waals surface area (Å²) in [5, 5.41) is 2.98. The number of carbonyl (C=O) groups is 2. The highest BCUT2D eigenvalue weighted by Gasteiger charge is 2.36. The van der Waals surface area contributed by atoms with E-state index in [1.165, 1.54) is 0 Å². The van der Waals surface area contributed by atoms with Gasteiger partial charge >= 0.3 is 0 Å². The van der Waals surface area contributed by atoms with Crippen molar-refractivity contribution in [2.45, 2.75) is 32.6 Å². The molecule has 5 heteroatoms. The van der Waals surface area contributed by atoms with Gasteiger partial charge < -0.3 is 15.0 Å². The van der Waals surface area contributed by atoms with E-state index in [4.69, 9.17) is 4.74 Å². The molecule has 2 amide bonds. The van der Waals surface area contributed by atoms with Crippen molar-refractivity contribution in [2.24, 2.45) is 11.8 Å². The third kappa shape index (κ3) is 4.53. The first kappa shape index (κ1) is 18.5. The highest BCUT2D eigenvalue weighted by atomic mass is 16.5. The first-order chi connectivity index (χ1) is 13.6. The Labute approximate surface area is 165 Å². The van der Waals surface area contributed by atoms with Gasteiger partial charge in [-0.1, -0.05) is 12.1 Å². The molecule has 1 saturated heterocycles. The Hall–Kier alpha value is -2.82. The summed E-state index contributed by atoms with van der Waals surface area (Å²) in [6, 6.07) is 15.3. The van der Waals surface area contributed by atoms with E-state index in [2.05, 4.69) is 5.32 Å². The number of hydrogen-bond acceptors (Lipinski definition) is 3. The van der Waals surface area contributed by atoms with Gasteiger partial charge in [-0.3, -0.25) is 9.59 Å². The van der Waals surface area contributed by atoms with Crippen molar-refractivity contribution >= 4 is 17.5 Å². The third-order valence-electron chi connectivity index (χ3n) is 5.38. The molecule has 2 aromatic carbocycles. The first-order valence-corrected chi connectivity index (χ1v) is 10.0.